The van der Waals surface area contributed by atoms with Gasteiger partial charge in [0.15, 0.2) is 0 Å². The second-order valence-corrected chi connectivity index (χ2v) is 3.84. The van der Waals surface area contributed by atoms with Crippen LogP contribution in [-0.4, -0.2) is 38.5 Å². The third kappa shape index (κ3) is 4.62. The van der Waals surface area contributed by atoms with Gasteiger partial charge in [-0.05, 0) is 19.3 Å². The smallest absolute Gasteiger partial charge is 0.332 e. The average molecular weight is 216 g/mol. The fourth-order valence-corrected chi connectivity index (χ4v) is 1.40. The van der Waals surface area contributed by atoms with Gasteiger partial charge in [-0.2, -0.15) is 0 Å². The van der Waals surface area contributed by atoms with Crippen LogP contribution >= 0.6 is 0 Å². The van der Waals surface area contributed by atoms with E-state index in [4.69, 9.17) is 14.2 Å². The molecule has 1 aliphatic carbocycles. The summed E-state index contributed by atoms with van der Waals surface area (Å²) in [4.78, 5) is 11.1. The summed E-state index contributed by atoms with van der Waals surface area (Å²) in [6, 6.07) is 0. The van der Waals surface area contributed by atoms with Gasteiger partial charge in [-0.3, -0.25) is 0 Å². The van der Waals surface area contributed by atoms with Crippen molar-refractivity contribution in [2.24, 2.45) is 0 Å². The number of esters is 1. The van der Waals surface area contributed by atoms with E-state index in [1.54, 1.807) is 7.11 Å². The van der Waals surface area contributed by atoms with Crippen LogP contribution in [0.3, 0.4) is 0 Å². The van der Waals surface area contributed by atoms with Gasteiger partial charge in [0.2, 0.25) is 0 Å². The number of ether oxygens (including phenoxy) is 3. The lowest BCUT2D eigenvalue weighted by Crippen LogP contribution is -2.38. The van der Waals surface area contributed by atoms with Crippen molar-refractivity contribution in [1.29, 1.82) is 0 Å². The van der Waals surface area contributed by atoms with Gasteiger partial charge < -0.3 is 14.2 Å². The molecular formula is C11H20O4. The highest BCUT2D eigenvalue weighted by Gasteiger charge is 2.30. The Bertz CT molecular complexity index is 187. The van der Waals surface area contributed by atoms with Gasteiger partial charge in [-0.25, -0.2) is 4.79 Å². The minimum atomic E-state index is -0.260. The van der Waals surface area contributed by atoms with E-state index in [2.05, 4.69) is 6.92 Å². The average Bonchev–Trinajstić information content (AvgIpc) is 2.16. The van der Waals surface area contributed by atoms with Crippen molar-refractivity contribution in [2.45, 2.75) is 44.8 Å². The van der Waals surface area contributed by atoms with Gasteiger partial charge in [0.05, 0.1) is 18.8 Å². The summed E-state index contributed by atoms with van der Waals surface area (Å²) in [6.07, 6.45) is 4.21. The summed E-state index contributed by atoms with van der Waals surface area (Å²) in [6.45, 7) is 2.64. The first-order chi connectivity index (χ1) is 7.26. The van der Waals surface area contributed by atoms with Crippen LogP contribution in [0.25, 0.3) is 0 Å². The molecule has 0 bridgehead atoms. The molecule has 0 aromatic carbocycles. The summed E-state index contributed by atoms with van der Waals surface area (Å²) in [5.74, 6) is -0.260. The van der Waals surface area contributed by atoms with Gasteiger partial charge in [-0.1, -0.05) is 13.3 Å². The van der Waals surface area contributed by atoms with Crippen molar-refractivity contribution in [2.75, 3.05) is 20.3 Å². The predicted octanol–water partition coefficient (Wildman–Crippen LogP) is 1.52. The number of carbonyl (C=O) groups is 1. The zero-order valence-electron chi connectivity index (χ0n) is 9.53. The Morgan fingerprint density at radius 2 is 2.07 bits per heavy atom. The molecule has 0 atom stereocenters. The summed E-state index contributed by atoms with van der Waals surface area (Å²) >= 11 is 0. The fraction of sp³-hybridized carbons (Fsp3) is 0.909. The molecule has 4 heteroatoms. The first-order valence-corrected chi connectivity index (χ1v) is 5.56. The number of hydrogen-bond donors (Lipinski definition) is 0. The Hall–Kier alpha value is -0.610. The monoisotopic (exact) mass is 216 g/mol. The van der Waals surface area contributed by atoms with Crippen LogP contribution in [0.4, 0.5) is 0 Å². The van der Waals surface area contributed by atoms with Crippen LogP contribution < -0.4 is 0 Å². The number of rotatable bonds is 7. The van der Waals surface area contributed by atoms with Crippen LogP contribution in [0, 0.1) is 0 Å². The molecule has 1 rings (SSSR count). The van der Waals surface area contributed by atoms with Crippen molar-refractivity contribution in [1.82, 2.24) is 0 Å². The molecule has 0 amide bonds. The summed E-state index contributed by atoms with van der Waals surface area (Å²) < 4.78 is 15.4. The molecule has 1 fully saturated rings. The Balaban J connectivity index is 1.94. The van der Waals surface area contributed by atoms with Gasteiger partial charge in [0, 0.05) is 7.11 Å². The normalized spacial score (nSPS) is 24.7. The molecule has 0 saturated heterocycles. The minimum Gasteiger partial charge on any atom is -0.464 e. The molecule has 0 radical (unpaired) electrons. The zero-order valence-corrected chi connectivity index (χ0v) is 9.53. The highest BCUT2D eigenvalue weighted by molar-refractivity contribution is 5.70. The van der Waals surface area contributed by atoms with Crippen molar-refractivity contribution in [3.63, 3.8) is 0 Å². The Labute approximate surface area is 90.9 Å². The molecule has 0 aromatic heterocycles. The molecule has 0 spiro atoms. The van der Waals surface area contributed by atoms with E-state index in [0.29, 0.717) is 12.7 Å². The van der Waals surface area contributed by atoms with Crippen molar-refractivity contribution < 1.29 is 19.0 Å². The van der Waals surface area contributed by atoms with E-state index in [-0.39, 0.29) is 18.7 Å². The molecule has 0 unspecified atom stereocenters. The summed E-state index contributed by atoms with van der Waals surface area (Å²) in [7, 11) is 1.69. The van der Waals surface area contributed by atoms with Crippen molar-refractivity contribution in [3.05, 3.63) is 0 Å². The topological polar surface area (TPSA) is 44.8 Å². The molecule has 15 heavy (non-hydrogen) atoms. The third-order valence-electron chi connectivity index (χ3n) is 2.58. The maximum atomic E-state index is 11.1. The second-order valence-electron chi connectivity index (χ2n) is 3.84. The second kappa shape index (κ2) is 6.80. The zero-order chi connectivity index (χ0) is 11.1. The van der Waals surface area contributed by atoms with E-state index >= 15 is 0 Å². The lowest BCUT2D eigenvalue weighted by molar-refractivity contribution is -0.157. The van der Waals surface area contributed by atoms with E-state index < -0.39 is 0 Å². The van der Waals surface area contributed by atoms with Crippen molar-refractivity contribution >= 4 is 5.97 Å². The standard InChI is InChI=1S/C11H20O4/c1-3-4-5-14-11(12)8-15-10-6-9(7-10)13-2/h9-10H,3-8H2,1-2H3. The minimum absolute atomic E-state index is 0.0742. The Morgan fingerprint density at radius 1 is 1.33 bits per heavy atom. The largest absolute Gasteiger partial charge is 0.464 e. The molecular weight excluding hydrogens is 196 g/mol. The number of carbonyl (C=O) groups excluding carboxylic acids is 1. The molecule has 0 aliphatic heterocycles. The van der Waals surface area contributed by atoms with E-state index in [0.717, 1.165) is 25.7 Å². The summed E-state index contributed by atoms with van der Waals surface area (Å²) in [5, 5.41) is 0. The van der Waals surface area contributed by atoms with E-state index in [1.807, 2.05) is 0 Å². The molecule has 4 nitrogen and oxygen atoms in total. The van der Waals surface area contributed by atoms with E-state index in [1.165, 1.54) is 0 Å². The number of unbranched alkanes of at least 4 members (excludes halogenated alkanes) is 1. The predicted molar refractivity (Wildman–Crippen MR) is 55.6 cm³/mol. The lowest BCUT2D eigenvalue weighted by Gasteiger charge is -2.33. The van der Waals surface area contributed by atoms with Crippen molar-refractivity contribution in [3.8, 4) is 0 Å². The molecule has 88 valence electrons. The van der Waals surface area contributed by atoms with Crippen LogP contribution in [-0.2, 0) is 19.0 Å². The third-order valence-corrected chi connectivity index (χ3v) is 2.58. The van der Waals surface area contributed by atoms with Gasteiger partial charge >= 0.3 is 5.97 Å². The first-order valence-electron chi connectivity index (χ1n) is 5.56. The van der Waals surface area contributed by atoms with Gasteiger partial charge in [0.25, 0.3) is 0 Å². The molecule has 0 heterocycles. The van der Waals surface area contributed by atoms with E-state index in [9.17, 15) is 4.79 Å². The lowest BCUT2D eigenvalue weighted by atomic mass is 9.92. The summed E-state index contributed by atoms with van der Waals surface area (Å²) in [5.41, 5.74) is 0. The van der Waals surface area contributed by atoms with Crippen LogP contribution in [0.1, 0.15) is 32.6 Å². The maximum Gasteiger partial charge on any atom is 0.332 e. The highest BCUT2D eigenvalue weighted by atomic mass is 16.6. The SMILES string of the molecule is CCCCOC(=O)COC1CC(OC)C1. The molecule has 0 aromatic rings. The van der Waals surface area contributed by atoms with Gasteiger partial charge in [-0.15, -0.1) is 0 Å². The highest BCUT2D eigenvalue weighted by Crippen LogP contribution is 2.25. The fourth-order valence-electron chi connectivity index (χ4n) is 1.40. The Kier molecular flexibility index (Phi) is 5.65. The van der Waals surface area contributed by atoms with Crippen LogP contribution in [0.15, 0.2) is 0 Å². The van der Waals surface area contributed by atoms with Crippen LogP contribution in [0.2, 0.25) is 0 Å². The van der Waals surface area contributed by atoms with Gasteiger partial charge in [0.1, 0.15) is 6.61 Å². The van der Waals surface area contributed by atoms with Crippen LogP contribution in [0.5, 0.6) is 0 Å². The quantitative estimate of drug-likeness (QED) is 0.478. The molecule has 1 aliphatic rings. The first kappa shape index (κ1) is 12.5. The maximum absolute atomic E-state index is 11.1. The number of hydrogen-bond acceptors (Lipinski definition) is 4. The number of methoxy groups -OCH3 is 1. The Morgan fingerprint density at radius 3 is 2.67 bits per heavy atom. The molecule has 1 saturated carbocycles. The molecule has 0 N–H and O–H groups in total.